The van der Waals surface area contributed by atoms with Crippen molar-refractivity contribution in [1.29, 1.82) is 0 Å². The molecular formula is C12H22N2O4. The van der Waals surface area contributed by atoms with E-state index < -0.39 is 12.6 Å². The van der Waals surface area contributed by atoms with Crippen molar-refractivity contribution in [3.05, 3.63) is 0 Å². The Hall–Kier alpha value is -1.14. The molecule has 0 radical (unpaired) electrons. The van der Waals surface area contributed by atoms with E-state index in [0.717, 1.165) is 13.1 Å². The topological polar surface area (TPSA) is 70.1 Å². The Balaban J connectivity index is 2.30. The first-order valence-electron chi connectivity index (χ1n) is 6.13. The predicted molar refractivity (Wildman–Crippen MR) is 66.4 cm³/mol. The quantitative estimate of drug-likeness (QED) is 0.770. The van der Waals surface area contributed by atoms with E-state index in [9.17, 15) is 9.59 Å². The number of piperazine rings is 1. The summed E-state index contributed by atoms with van der Waals surface area (Å²) in [5.41, 5.74) is 0.120. The van der Waals surface area contributed by atoms with E-state index in [-0.39, 0.29) is 18.1 Å². The number of carbonyl (C=O) groups is 2. The number of aliphatic carboxylic acids is 1. The highest BCUT2D eigenvalue weighted by molar-refractivity contribution is 5.78. The molecule has 1 amide bonds. The highest BCUT2D eigenvalue weighted by atomic mass is 16.5. The van der Waals surface area contributed by atoms with Gasteiger partial charge >= 0.3 is 5.97 Å². The maximum atomic E-state index is 11.7. The van der Waals surface area contributed by atoms with Crippen molar-refractivity contribution in [2.45, 2.75) is 26.3 Å². The minimum Gasteiger partial charge on any atom is -0.480 e. The molecule has 0 bridgehead atoms. The lowest BCUT2D eigenvalue weighted by Gasteiger charge is -2.42. The van der Waals surface area contributed by atoms with Crippen LogP contribution in [0, 0.1) is 0 Å². The van der Waals surface area contributed by atoms with Crippen LogP contribution in [0.25, 0.3) is 0 Å². The normalized spacial score (nSPS) is 17.8. The average molecular weight is 258 g/mol. The van der Waals surface area contributed by atoms with Gasteiger partial charge in [-0.1, -0.05) is 0 Å². The Morgan fingerprint density at radius 1 is 1.11 bits per heavy atom. The number of ether oxygens (including phenoxy) is 1. The molecule has 1 saturated heterocycles. The number of hydrogen-bond acceptors (Lipinski definition) is 4. The summed E-state index contributed by atoms with van der Waals surface area (Å²) < 4.78 is 4.80. The number of rotatable bonds is 4. The van der Waals surface area contributed by atoms with E-state index in [1.165, 1.54) is 0 Å². The molecule has 6 nitrogen and oxygen atoms in total. The first-order valence-corrected chi connectivity index (χ1v) is 6.13. The van der Waals surface area contributed by atoms with Crippen molar-refractivity contribution in [3.63, 3.8) is 0 Å². The van der Waals surface area contributed by atoms with Gasteiger partial charge in [-0.3, -0.25) is 9.69 Å². The fourth-order valence-corrected chi connectivity index (χ4v) is 1.94. The molecule has 1 rings (SSSR count). The standard InChI is InChI=1S/C12H22N2O4/c1-12(2,3)14-6-4-13(5-7-14)10(15)8-18-9-11(16)17/h4-9H2,1-3H3,(H,16,17). The molecule has 0 aromatic heterocycles. The predicted octanol–water partition coefficient (Wildman–Crippen LogP) is 0.0303. The maximum absolute atomic E-state index is 11.7. The second-order valence-electron chi connectivity index (χ2n) is 5.43. The first-order chi connectivity index (χ1) is 8.30. The Labute approximate surface area is 107 Å². The number of carboxylic acids is 1. The van der Waals surface area contributed by atoms with Crippen LogP contribution in [0.2, 0.25) is 0 Å². The zero-order valence-corrected chi connectivity index (χ0v) is 11.3. The minimum atomic E-state index is -1.06. The van der Waals surface area contributed by atoms with Crippen molar-refractivity contribution < 1.29 is 19.4 Å². The van der Waals surface area contributed by atoms with Crippen LogP contribution in [0.5, 0.6) is 0 Å². The third-order valence-electron chi connectivity index (χ3n) is 3.03. The van der Waals surface area contributed by atoms with Crippen LogP contribution in [-0.4, -0.2) is 71.7 Å². The second-order valence-corrected chi connectivity index (χ2v) is 5.43. The van der Waals surface area contributed by atoms with Gasteiger partial charge in [0, 0.05) is 31.7 Å². The fraction of sp³-hybridized carbons (Fsp3) is 0.833. The molecule has 1 aliphatic heterocycles. The number of carbonyl (C=O) groups excluding carboxylic acids is 1. The van der Waals surface area contributed by atoms with Gasteiger partial charge in [0.05, 0.1) is 0 Å². The third-order valence-corrected chi connectivity index (χ3v) is 3.03. The molecule has 18 heavy (non-hydrogen) atoms. The van der Waals surface area contributed by atoms with Crippen LogP contribution in [0.3, 0.4) is 0 Å². The lowest BCUT2D eigenvalue weighted by atomic mass is 10.1. The van der Waals surface area contributed by atoms with E-state index in [1.54, 1.807) is 4.90 Å². The van der Waals surface area contributed by atoms with Crippen LogP contribution < -0.4 is 0 Å². The van der Waals surface area contributed by atoms with Gasteiger partial charge in [-0.2, -0.15) is 0 Å². The van der Waals surface area contributed by atoms with E-state index in [2.05, 4.69) is 25.7 Å². The largest absolute Gasteiger partial charge is 0.480 e. The lowest BCUT2D eigenvalue weighted by Crippen LogP contribution is -2.55. The first kappa shape index (κ1) is 14.9. The SMILES string of the molecule is CC(C)(C)N1CCN(C(=O)COCC(=O)O)CC1. The maximum Gasteiger partial charge on any atom is 0.329 e. The molecule has 0 spiro atoms. The van der Waals surface area contributed by atoms with Gasteiger partial charge in [0.2, 0.25) is 5.91 Å². The zero-order chi connectivity index (χ0) is 13.8. The Bertz CT molecular complexity index is 304. The fourth-order valence-electron chi connectivity index (χ4n) is 1.94. The minimum absolute atomic E-state index is 0.120. The summed E-state index contributed by atoms with van der Waals surface area (Å²) in [5.74, 6) is -1.19. The molecule has 0 atom stereocenters. The highest BCUT2D eigenvalue weighted by Gasteiger charge is 2.27. The third kappa shape index (κ3) is 4.62. The molecule has 1 heterocycles. The monoisotopic (exact) mass is 258 g/mol. The van der Waals surface area contributed by atoms with Gasteiger partial charge in [-0.25, -0.2) is 4.79 Å². The average Bonchev–Trinajstić information content (AvgIpc) is 2.27. The summed E-state index contributed by atoms with van der Waals surface area (Å²) >= 11 is 0. The van der Waals surface area contributed by atoms with Gasteiger partial charge in [0.25, 0.3) is 0 Å². The van der Waals surface area contributed by atoms with Crippen LogP contribution >= 0.6 is 0 Å². The molecular weight excluding hydrogens is 236 g/mol. The number of hydrogen-bond donors (Lipinski definition) is 1. The van der Waals surface area contributed by atoms with E-state index in [0.29, 0.717) is 13.1 Å². The summed E-state index contributed by atoms with van der Waals surface area (Å²) in [4.78, 5) is 26.0. The summed E-state index contributed by atoms with van der Waals surface area (Å²) in [7, 11) is 0. The molecule has 1 fully saturated rings. The molecule has 0 aromatic carbocycles. The van der Waals surface area contributed by atoms with Crippen molar-refractivity contribution in [2.24, 2.45) is 0 Å². The second kappa shape index (κ2) is 6.15. The summed E-state index contributed by atoms with van der Waals surface area (Å²) in [6, 6.07) is 0. The van der Waals surface area contributed by atoms with Crippen molar-refractivity contribution in [3.8, 4) is 0 Å². The molecule has 0 aliphatic carbocycles. The molecule has 104 valence electrons. The van der Waals surface area contributed by atoms with Gasteiger partial charge in [0.1, 0.15) is 13.2 Å². The smallest absolute Gasteiger partial charge is 0.329 e. The van der Waals surface area contributed by atoms with Crippen molar-refractivity contribution in [2.75, 3.05) is 39.4 Å². The molecule has 0 unspecified atom stereocenters. The summed E-state index contributed by atoms with van der Waals surface area (Å²) in [6.07, 6.45) is 0. The van der Waals surface area contributed by atoms with Gasteiger partial charge in [0.15, 0.2) is 0 Å². The summed E-state index contributed by atoms with van der Waals surface area (Å²) in [6.45, 7) is 8.91. The van der Waals surface area contributed by atoms with Gasteiger partial charge in [-0.05, 0) is 20.8 Å². The molecule has 0 aromatic rings. The number of carboxylic acid groups (broad SMARTS) is 1. The van der Waals surface area contributed by atoms with Gasteiger partial charge < -0.3 is 14.7 Å². The molecule has 6 heteroatoms. The summed E-state index contributed by atoms with van der Waals surface area (Å²) in [5, 5.41) is 8.40. The van der Waals surface area contributed by atoms with E-state index >= 15 is 0 Å². The van der Waals surface area contributed by atoms with E-state index in [4.69, 9.17) is 9.84 Å². The number of amides is 1. The van der Waals surface area contributed by atoms with Crippen LogP contribution in [0.15, 0.2) is 0 Å². The Kier molecular flexibility index (Phi) is 5.10. The Morgan fingerprint density at radius 3 is 2.11 bits per heavy atom. The van der Waals surface area contributed by atoms with Crippen molar-refractivity contribution in [1.82, 2.24) is 9.80 Å². The lowest BCUT2D eigenvalue weighted by molar-refractivity contribution is -0.146. The van der Waals surface area contributed by atoms with Crippen LogP contribution in [-0.2, 0) is 14.3 Å². The van der Waals surface area contributed by atoms with Crippen LogP contribution in [0.1, 0.15) is 20.8 Å². The van der Waals surface area contributed by atoms with Crippen molar-refractivity contribution >= 4 is 11.9 Å². The molecule has 1 N–H and O–H groups in total. The molecule has 1 aliphatic rings. The van der Waals surface area contributed by atoms with E-state index in [1.807, 2.05) is 0 Å². The Morgan fingerprint density at radius 2 is 1.67 bits per heavy atom. The zero-order valence-electron chi connectivity index (χ0n) is 11.3. The molecule has 0 saturated carbocycles. The number of nitrogens with zero attached hydrogens (tertiary/aromatic N) is 2. The highest BCUT2D eigenvalue weighted by Crippen LogP contribution is 2.15. The van der Waals surface area contributed by atoms with Gasteiger partial charge in [-0.15, -0.1) is 0 Å². The van der Waals surface area contributed by atoms with Crippen LogP contribution in [0.4, 0.5) is 0 Å².